The van der Waals surface area contributed by atoms with Crippen LogP contribution >= 0.6 is 11.8 Å². The van der Waals surface area contributed by atoms with Crippen LogP contribution in [0.1, 0.15) is 36.2 Å². The molecule has 0 aliphatic carbocycles. The minimum Gasteiger partial charge on any atom is -0.483 e. The molecule has 7 nitrogen and oxygen atoms in total. The number of hydrogen-bond donors (Lipinski definition) is 3. The summed E-state index contributed by atoms with van der Waals surface area (Å²) < 4.78 is 0. The van der Waals surface area contributed by atoms with Gasteiger partial charge in [-0.1, -0.05) is 30.0 Å². The zero-order valence-electron chi connectivity index (χ0n) is 17.3. The summed E-state index contributed by atoms with van der Waals surface area (Å²) in [5.74, 6) is -0.0675. The average molecular weight is 439 g/mol. The van der Waals surface area contributed by atoms with Crippen LogP contribution in [0.15, 0.2) is 58.3 Å². The Morgan fingerprint density at radius 2 is 1.84 bits per heavy atom. The number of carbonyl (C=O) groups excluding carboxylic acids is 1. The molecule has 162 valence electrons. The number of piperidine rings is 1. The van der Waals surface area contributed by atoms with Gasteiger partial charge in [-0.25, -0.2) is 0 Å². The molecular formula is C23H26N4O3S. The molecule has 8 heteroatoms. The van der Waals surface area contributed by atoms with Crippen LogP contribution in [0.25, 0.3) is 10.9 Å². The van der Waals surface area contributed by atoms with Crippen molar-refractivity contribution in [2.24, 2.45) is 0 Å². The van der Waals surface area contributed by atoms with Crippen LogP contribution in [0.2, 0.25) is 0 Å². The highest BCUT2D eigenvalue weighted by Crippen LogP contribution is 2.34. The Bertz CT molecular complexity index is 1040. The highest BCUT2D eigenvalue weighted by Gasteiger charge is 2.39. The van der Waals surface area contributed by atoms with E-state index in [9.17, 15) is 4.79 Å². The summed E-state index contributed by atoms with van der Waals surface area (Å²) >= 11 is 1.69. The van der Waals surface area contributed by atoms with Gasteiger partial charge in [0.15, 0.2) is 5.69 Å². The van der Waals surface area contributed by atoms with E-state index in [2.05, 4.69) is 51.7 Å². The molecule has 2 unspecified atom stereocenters. The molecule has 1 aromatic heterocycles. The van der Waals surface area contributed by atoms with E-state index in [1.54, 1.807) is 11.8 Å². The summed E-state index contributed by atoms with van der Waals surface area (Å²) in [4.78, 5) is 26.1. The second-order valence-corrected chi connectivity index (χ2v) is 9.14. The fourth-order valence-electron chi connectivity index (χ4n) is 4.64. The Hall–Kier alpha value is -2.84. The Kier molecular flexibility index (Phi) is 6.58. The summed E-state index contributed by atoms with van der Waals surface area (Å²) in [6.07, 6.45) is 4.57. The summed E-state index contributed by atoms with van der Waals surface area (Å²) in [6.45, 7) is -0.250. The topological polar surface area (TPSA) is 98.3 Å². The summed E-state index contributed by atoms with van der Waals surface area (Å²) in [7, 11) is 2.22. The third-order valence-electron chi connectivity index (χ3n) is 6.16. The average Bonchev–Trinajstić information content (AvgIpc) is 3.26. The lowest BCUT2D eigenvalue weighted by Crippen LogP contribution is -2.48. The molecule has 31 heavy (non-hydrogen) atoms. The first-order valence-corrected chi connectivity index (χ1v) is 11.2. The maximum absolute atomic E-state index is 13.0. The number of H-pyrrole nitrogens is 1. The van der Waals surface area contributed by atoms with Crippen LogP contribution < -0.4 is 5.32 Å². The number of aromatic nitrogens is 2. The normalized spacial score (nSPS) is 22.5. The van der Waals surface area contributed by atoms with Gasteiger partial charge in [0.25, 0.3) is 12.4 Å². The minimum absolute atomic E-state index is 0.0675. The minimum atomic E-state index is -0.250. The molecule has 3 aromatic rings. The molecule has 0 radical (unpaired) electrons. The van der Waals surface area contributed by atoms with Crippen molar-refractivity contribution < 1.29 is 14.7 Å². The van der Waals surface area contributed by atoms with Crippen molar-refractivity contribution in [3.8, 4) is 0 Å². The third kappa shape index (κ3) is 4.75. The van der Waals surface area contributed by atoms with Crippen molar-refractivity contribution in [3.63, 3.8) is 0 Å². The van der Waals surface area contributed by atoms with E-state index in [1.807, 2.05) is 24.3 Å². The first-order valence-electron chi connectivity index (χ1n) is 10.4. The van der Waals surface area contributed by atoms with Crippen LogP contribution in [0.4, 0.5) is 0 Å². The zero-order chi connectivity index (χ0) is 21.8. The quantitative estimate of drug-likeness (QED) is 0.537. The highest BCUT2D eigenvalue weighted by atomic mass is 32.2. The van der Waals surface area contributed by atoms with E-state index in [0.29, 0.717) is 17.8 Å². The molecular weight excluding hydrogens is 412 g/mol. The number of carboxylic acid groups (broad SMARTS) is 1. The Balaban J connectivity index is 0.000000730. The van der Waals surface area contributed by atoms with Gasteiger partial charge in [-0.15, -0.1) is 0 Å². The van der Waals surface area contributed by atoms with Crippen LogP contribution in [-0.4, -0.2) is 57.8 Å². The molecule has 0 saturated carbocycles. The van der Waals surface area contributed by atoms with Gasteiger partial charge in [-0.05, 0) is 63.1 Å². The van der Waals surface area contributed by atoms with Gasteiger partial charge in [0.05, 0.1) is 5.52 Å². The van der Waals surface area contributed by atoms with Gasteiger partial charge in [0.2, 0.25) is 0 Å². The van der Waals surface area contributed by atoms with E-state index in [4.69, 9.17) is 9.90 Å². The zero-order valence-corrected chi connectivity index (χ0v) is 18.1. The summed E-state index contributed by atoms with van der Waals surface area (Å²) in [5.41, 5.74) is 1.39. The van der Waals surface area contributed by atoms with Gasteiger partial charge in [-0.2, -0.15) is 5.10 Å². The molecule has 2 bridgehead atoms. The van der Waals surface area contributed by atoms with Gasteiger partial charge >= 0.3 is 0 Å². The molecule has 5 rings (SSSR count). The number of aromatic amines is 1. The number of fused-ring (bicyclic) bond motifs is 3. The lowest BCUT2D eigenvalue weighted by Gasteiger charge is -2.36. The second-order valence-electron chi connectivity index (χ2n) is 7.99. The number of amides is 1. The van der Waals surface area contributed by atoms with E-state index >= 15 is 0 Å². The predicted molar refractivity (Wildman–Crippen MR) is 120 cm³/mol. The number of nitrogens with one attached hydrogen (secondary N) is 2. The number of hydrogen-bond acceptors (Lipinski definition) is 5. The van der Waals surface area contributed by atoms with E-state index in [0.717, 1.165) is 28.6 Å². The smallest absolute Gasteiger partial charge is 0.290 e. The standard InChI is InChI=1S/C22H24N4OS.CH2O2/c1-26-15-7-8-16(26)12-14(11-15)23-22(27)21-19-13-18(9-10-20(19)24-25-21)28-17-5-3-2-4-6-17;2-1-3/h2-6,9-10,13-16H,7-8,11-12H2,1H3,(H,23,27)(H,24,25);1H,(H,2,3). The first-order chi connectivity index (χ1) is 15.1. The van der Waals surface area contributed by atoms with Crippen molar-refractivity contribution in [2.45, 2.75) is 53.6 Å². The number of nitrogens with zero attached hydrogens (tertiary/aromatic N) is 2. The lowest BCUT2D eigenvalue weighted by atomic mass is 9.98. The Labute approximate surface area is 185 Å². The molecule has 1 amide bonds. The monoisotopic (exact) mass is 438 g/mol. The largest absolute Gasteiger partial charge is 0.483 e. The number of benzene rings is 2. The molecule has 2 aliphatic heterocycles. The van der Waals surface area contributed by atoms with Gasteiger partial charge in [0.1, 0.15) is 0 Å². The Morgan fingerprint density at radius 3 is 2.52 bits per heavy atom. The highest BCUT2D eigenvalue weighted by molar-refractivity contribution is 7.99. The third-order valence-corrected chi connectivity index (χ3v) is 7.16. The van der Waals surface area contributed by atoms with E-state index < -0.39 is 0 Å². The van der Waals surface area contributed by atoms with E-state index in [-0.39, 0.29) is 18.4 Å². The molecule has 2 fully saturated rings. The molecule has 3 heterocycles. The molecule has 2 aromatic carbocycles. The maximum atomic E-state index is 13.0. The first kappa shape index (κ1) is 21.4. The SMILES string of the molecule is CN1C2CCC1CC(NC(=O)c1n[nH]c3ccc(Sc4ccccc4)cc13)C2.O=CO. The van der Waals surface area contributed by atoms with Gasteiger partial charge in [0, 0.05) is 33.3 Å². The van der Waals surface area contributed by atoms with E-state index in [1.165, 1.54) is 17.7 Å². The van der Waals surface area contributed by atoms with Crippen molar-refractivity contribution in [2.75, 3.05) is 7.05 Å². The van der Waals surface area contributed by atoms with Crippen molar-refractivity contribution in [1.29, 1.82) is 0 Å². The molecule has 2 saturated heterocycles. The Morgan fingerprint density at radius 1 is 1.16 bits per heavy atom. The summed E-state index contributed by atoms with van der Waals surface area (Å²) in [5, 5.41) is 18.3. The maximum Gasteiger partial charge on any atom is 0.290 e. The molecule has 2 aliphatic rings. The van der Waals surface area contributed by atoms with Gasteiger partial charge in [-0.3, -0.25) is 14.7 Å². The predicted octanol–water partition coefficient (Wildman–Crippen LogP) is 3.77. The van der Waals surface area contributed by atoms with Crippen molar-refractivity contribution in [1.82, 2.24) is 20.4 Å². The molecule has 2 atom stereocenters. The van der Waals surface area contributed by atoms with Crippen LogP contribution in [-0.2, 0) is 4.79 Å². The summed E-state index contributed by atoms with van der Waals surface area (Å²) in [6, 6.07) is 17.8. The van der Waals surface area contributed by atoms with Crippen molar-refractivity contribution >= 4 is 35.0 Å². The lowest BCUT2D eigenvalue weighted by molar-refractivity contribution is -0.122. The van der Waals surface area contributed by atoms with Crippen molar-refractivity contribution in [3.05, 3.63) is 54.2 Å². The molecule has 3 N–H and O–H groups in total. The van der Waals surface area contributed by atoms with Crippen LogP contribution in [0.5, 0.6) is 0 Å². The fourth-order valence-corrected chi connectivity index (χ4v) is 5.52. The van der Waals surface area contributed by atoms with Gasteiger partial charge < -0.3 is 15.3 Å². The second kappa shape index (κ2) is 9.53. The molecule has 0 spiro atoms. The van der Waals surface area contributed by atoms with Crippen LogP contribution in [0, 0.1) is 0 Å². The number of carbonyl (C=O) groups is 2. The van der Waals surface area contributed by atoms with Crippen LogP contribution in [0.3, 0.4) is 0 Å². The fraction of sp³-hybridized carbons (Fsp3) is 0.348. The number of rotatable bonds is 4.